The van der Waals surface area contributed by atoms with Crippen molar-refractivity contribution in [2.24, 2.45) is 5.92 Å². The zero-order valence-corrected chi connectivity index (χ0v) is 12.6. The van der Waals surface area contributed by atoms with Crippen LogP contribution in [0.3, 0.4) is 0 Å². The number of hydrogen-bond acceptors (Lipinski definition) is 3. The van der Waals surface area contributed by atoms with Crippen molar-refractivity contribution in [3.8, 4) is 0 Å². The average Bonchev–Trinajstić information content (AvgIpc) is 2.90. The van der Waals surface area contributed by atoms with E-state index in [0.29, 0.717) is 32.0 Å². The van der Waals surface area contributed by atoms with Crippen molar-refractivity contribution in [1.82, 2.24) is 10.2 Å². The number of amides is 2. The highest BCUT2D eigenvalue weighted by Gasteiger charge is 2.44. The Balaban J connectivity index is 2.68. The summed E-state index contributed by atoms with van der Waals surface area (Å²) in [6.07, 6.45) is 2.33. The number of carboxylic acid groups (broad SMARTS) is 1. The maximum absolute atomic E-state index is 12.3. The molecule has 1 fully saturated rings. The van der Waals surface area contributed by atoms with E-state index in [1.54, 1.807) is 4.90 Å². The minimum absolute atomic E-state index is 0.0383. The summed E-state index contributed by atoms with van der Waals surface area (Å²) in [7, 11) is 0. The summed E-state index contributed by atoms with van der Waals surface area (Å²) >= 11 is 0. The van der Waals surface area contributed by atoms with Crippen LogP contribution in [0.5, 0.6) is 0 Å². The number of hydrogen-bond donors (Lipinski definition) is 2. The van der Waals surface area contributed by atoms with E-state index in [1.165, 1.54) is 0 Å². The Bertz CT molecular complexity index is 336. The van der Waals surface area contributed by atoms with Crippen molar-refractivity contribution in [3.63, 3.8) is 0 Å². The summed E-state index contributed by atoms with van der Waals surface area (Å²) in [4.78, 5) is 25.4. The van der Waals surface area contributed by atoms with E-state index < -0.39 is 11.5 Å². The standard InChI is InChI=1S/C14H26N2O4/c1-4-11(5-2)9-16(6-3)13(19)15-14(12(17)18)7-8-20-10-14/h11H,4-10H2,1-3H3,(H,15,19)(H,17,18). The molecular formula is C14H26N2O4. The molecule has 2 amide bonds. The van der Waals surface area contributed by atoms with Gasteiger partial charge in [-0.05, 0) is 12.8 Å². The van der Waals surface area contributed by atoms with Gasteiger partial charge in [0.25, 0.3) is 0 Å². The summed E-state index contributed by atoms with van der Waals surface area (Å²) in [6.45, 7) is 7.74. The molecule has 0 aromatic rings. The Morgan fingerprint density at radius 1 is 1.35 bits per heavy atom. The number of carbonyl (C=O) groups excluding carboxylic acids is 1. The third kappa shape index (κ3) is 3.85. The van der Waals surface area contributed by atoms with Crippen LogP contribution in [0.15, 0.2) is 0 Å². The highest BCUT2D eigenvalue weighted by atomic mass is 16.5. The molecule has 1 aliphatic heterocycles. The van der Waals surface area contributed by atoms with Gasteiger partial charge in [0, 0.05) is 26.1 Å². The maximum Gasteiger partial charge on any atom is 0.332 e. The molecule has 0 saturated carbocycles. The van der Waals surface area contributed by atoms with Gasteiger partial charge in [0.2, 0.25) is 0 Å². The maximum atomic E-state index is 12.3. The minimum Gasteiger partial charge on any atom is -0.479 e. The number of nitrogens with zero attached hydrogens (tertiary/aromatic N) is 1. The van der Waals surface area contributed by atoms with E-state index in [2.05, 4.69) is 19.2 Å². The fourth-order valence-corrected chi connectivity index (χ4v) is 2.38. The molecule has 1 saturated heterocycles. The molecule has 0 aromatic carbocycles. The molecule has 0 aliphatic carbocycles. The van der Waals surface area contributed by atoms with Gasteiger partial charge in [-0.2, -0.15) is 0 Å². The SMILES string of the molecule is CCC(CC)CN(CC)C(=O)NC1(C(=O)O)CCOC1. The van der Waals surface area contributed by atoms with Gasteiger partial charge in [-0.25, -0.2) is 9.59 Å². The van der Waals surface area contributed by atoms with E-state index in [1.807, 2.05) is 6.92 Å². The Hall–Kier alpha value is -1.30. The number of rotatable bonds is 7. The van der Waals surface area contributed by atoms with Gasteiger partial charge in [-0.15, -0.1) is 0 Å². The Labute approximate surface area is 120 Å². The summed E-state index contributed by atoms with van der Waals surface area (Å²) < 4.78 is 5.15. The summed E-state index contributed by atoms with van der Waals surface area (Å²) in [6, 6.07) is -0.313. The Morgan fingerprint density at radius 3 is 2.40 bits per heavy atom. The molecule has 1 heterocycles. The molecule has 1 atom stereocenters. The van der Waals surface area contributed by atoms with Crippen molar-refractivity contribution in [1.29, 1.82) is 0 Å². The Morgan fingerprint density at radius 2 is 2.00 bits per heavy atom. The number of aliphatic carboxylic acids is 1. The van der Waals surface area contributed by atoms with E-state index in [-0.39, 0.29) is 12.6 Å². The van der Waals surface area contributed by atoms with E-state index in [0.717, 1.165) is 12.8 Å². The number of carboxylic acids is 1. The molecule has 1 unspecified atom stereocenters. The lowest BCUT2D eigenvalue weighted by Crippen LogP contribution is -2.58. The van der Waals surface area contributed by atoms with E-state index in [9.17, 15) is 14.7 Å². The second-order valence-corrected chi connectivity index (χ2v) is 5.34. The van der Waals surface area contributed by atoms with Gasteiger partial charge in [0.1, 0.15) is 0 Å². The number of carbonyl (C=O) groups is 2. The number of ether oxygens (including phenoxy) is 1. The third-order valence-corrected chi connectivity index (χ3v) is 4.08. The highest BCUT2D eigenvalue weighted by molar-refractivity contribution is 5.86. The van der Waals surface area contributed by atoms with Gasteiger partial charge >= 0.3 is 12.0 Å². The van der Waals surface area contributed by atoms with E-state index in [4.69, 9.17) is 4.74 Å². The molecule has 1 rings (SSSR count). The first kappa shape index (κ1) is 16.8. The molecule has 0 bridgehead atoms. The first-order valence-electron chi connectivity index (χ1n) is 7.37. The van der Waals surface area contributed by atoms with Crippen LogP contribution in [0.2, 0.25) is 0 Å². The van der Waals surface area contributed by atoms with Crippen LogP contribution in [0.25, 0.3) is 0 Å². The molecule has 6 heteroatoms. The molecular weight excluding hydrogens is 260 g/mol. The minimum atomic E-state index is -1.27. The molecule has 6 nitrogen and oxygen atoms in total. The van der Waals surface area contributed by atoms with Crippen LogP contribution < -0.4 is 5.32 Å². The van der Waals surface area contributed by atoms with Crippen LogP contribution in [-0.2, 0) is 9.53 Å². The highest BCUT2D eigenvalue weighted by Crippen LogP contribution is 2.20. The predicted octanol–water partition coefficient (Wildman–Crippen LogP) is 1.70. The zero-order valence-electron chi connectivity index (χ0n) is 12.6. The van der Waals surface area contributed by atoms with Crippen LogP contribution >= 0.6 is 0 Å². The molecule has 20 heavy (non-hydrogen) atoms. The second kappa shape index (κ2) is 7.47. The quantitative estimate of drug-likeness (QED) is 0.746. The molecule has 0 radical (unpaired) electrons. The molecule has 0 aromatic heterocycles. The van der Waals surface area contributed by atoms with Crippen molar-refractivity contribution in [2.45, 2.75) is 45.6 Å². The second-order valence-electron chi connectivity index (χ2n) is 5.34. The summed E-state index contributed by atoms with van der Waals surface area (Å²) in [5.74, 6) is -0.580. The number of nitrogens with one attached hydrogen (secondary N) is 1. The lowest BCUT2D eigenvalue weighted by atomic mass is 9.99. The Kier molecular flexibility index (Phi) is 6.26. The lowest BCUT2D eigenvalue weighted by Gasteiger charge is -2.30. The van der Waals surface area contributed by atoms with Gasteiger partial charge in [0.05, 0.1) is 6.61 Å². The third-order valence-electron chi connectivity index (χ3n) is 4.08. The first-order valence-corrected chi connectivity index (χ1v) is 7.37. The van der Waals surface area contributed by atoms with Gasteiger partial charge < -0.3 is 20.1 Å². The fraction of sp³-hybridized carbons (Fsp3) is 0.857. The largest absolute Gasteiger partial charge is 0.479 e. The molecule has 116 valence electrons. The summed E-state index contributed by atoms with van der Waals surface area (Å²) in [5, 5.41) is 12.0. The summed E-state index contributed by atoms with van der Waals surface area (Å²) in [5.41, 5.74) is -1.27. The van der Waals surface area contributed by atoms with Crippen molar-refractivity contribution >= 4 is 12.0 Å². The normalized spacial score (nSPS) is 22.0. The zero-order chi connectivity index (χ0) is 15.2. The van der Waals surface area contributed by atoms with Crippen molar-refractivity contribution < 1.29 is 19.4 Å². The van der Waals surface area contributed by atoms with Crippen LogP contribution in [0.1, 0.15) is 40.0 Å². The van der Waals surface area contributed by atoms with Crippen molar-refractivity contribution in [3.05, 3.63) is 0 Å². The average molecular weight is 286 g/mol. The lowest BCUT2D eigenvalue weighted by molar-refractivity contribution is -0.144. The van der Waals surface area contributed by atoms with Gasteiger partial charge in [0.15, 0.2) is 5.54 Å². The number of urea groups is 1. The topological polar surface area (TPSA) is 78.9 Å². The smallest absolute Gasteiger partial charge is 0.332 e. The predicted molar refractivity (Wildman–Crippen MR) is 75.7 cm³/mol. The molecule has 0 spiro atoms. The van der Waals surface area contributed by atoms with Crippen LogP contribution in [-0.4, -0.2) is 53.8 Å². The van der Waals surface area contributed by atoms with Crippen molar-refractivity contribution in [2.75, 3.05) is 26.3 Å². The van der Waals surface area contributed by atoms with Gasteiger partial charge in [-0.1, -0.05) is 26.7 Å². The monoisotopic (exact) mass is 286 g/mol. The van der Waals surface area contributed by atoms with E-state index >= 15 is 0 Å². The van der Waals surface area contributed by atoms with Crippen LogP contribution in [0.4, 0.5) is 4.79 Å². The van der Waals surface area contributed by atoms with Gasteiger partial charge in [-0.3, -0.25) is 0 Å². The first-order chi connectivity index (χ1) is 9.49. The molecule has 2 N–H and O–H groups in total. The fourth-order valence-electron chi connectivity index (χ4n) is 2.38. The van der Waals surface area contributed by atoms with Crippen LogP contribution in [0, 0.1) is 5.92 Å². The molecule has 1 aliphatic rings.